The summed E-state index contributed by atoms with van der Waals surface area (Å²) in [6.07, 6.45) is 10.1. The van der Waals surface area contributed by atoms with Crippen LogP contribution in [0.1, 0.15) is 5.56 Å². The normalized spacial score (nSPS) is 17.9. The lowest BCUT2D eigenvalue weighted by Gasteiger charge is -2.25. The van der Waals surface area contributed by atoms with Crippen LogP contribution in [0.15, 0.2) is 36.4 Å². The minimum Gasteiger partial charge on any atom is -0.361 e. The van der Waals surface area contributed by atoms with E-state index in [-0.39, 0.29) is 0 Å². The Morgan fingerprint density at radius 2 is 2.29 bits per heavy atom. The van der Waals surface area contributed by atoms with Gasteiger partial charge in [-0.25, -0.2) is 0 Å². The van der Waals surface area contributed by atoms with Gasteiger partial charge >= 0.3 is 0 Å². The molecule has 2 aliphatic heterocycles. The van der Waals surface area contributed by atoms with E-state index in [1.807, 2.05) is 12.4 Å². The molecule has 0 saturated heterocycles. The molecule has 1 aromatic rings. The van der Waals surface area contributed by atoms with Gasteiger partial charge in [0, 0.05) is 31.2 Å². The number of fused-ring (bicyclic) bond motifs is 3. The molecule has 0 atom stereocenters. The van der Waals surface area contributed by atoms with Crippen molar-refractivity contribution in [3.63, 3.8) is 0 Å². The van der Waals surface area contributed by atoms with Crippen LogP contribution in [0.2, 0.25) is 0 Å². The molecule has 3 rings (SSSR count). The van der Waals surface area contributed by atoms with Gasteiger partial charge in [0.25, 0.3) is 0 Å². The lowest BCUT2D eigenvalue weighted by Crippen LogP contribution is -2.25. The third-order valence-corrected chi connectivity index (χ3v) is 2.58. The third kappa shape index (κ3) is 0.954. The number of allylic oxidation sites excluding steroid dienone is 1. The lowest BCUT2D eigenvalue weighted by atomic mass is 10.1. The molecular weight excluding hydrogens is 174 g/mol. The van der Waals surface area contributed by atoms with E-state index in [0.29, 0.717) is 0 Å². The van der Waals surface area contributed by atoms with E-state index < -0.39 is 0 Å². The van der Waals surface area contributed by atoms with Crippen molar-refractivity contribution in [3.8, 4) is 0 Å². The van der Waals surface area contributed by atoms with Crippen molar-refractivity contribution < 1.29 is 0 Å². The van der Waals surface area contributed by atoms with Crippen LogP contribution in [0, 0.1) is 0 Å². The van der Waals surface area contributed by atoms with Crippen LogP contribution in [-0.2, 0) is 0 Å². The molecule has 0 bridgehead atoms. The summed E-state index contributed by atoms with van der Waals surface area (Å²) in [5.74, 6) is 0. The minimum atomic E-state index is 0.927. The first-order valence-electron chi connectivity index (χ1n) is 4.66. The molecule has 2 aliphatic rings. The standard InChI is InChI=1S/C11H11N3/c1-13-7-10-3-2-9-6-12-5-4-11(9)14(10)8-13/h2-7H,8H2,1H3. The predicted molar refractivity (Wildman–Crippen MR) is 56.5 cm³/mol. The number of hydrogen-bond acceptors (Lipinski definition) is 3. The second-order valence-corrected chi connectivity index (χ2v) is 3.65. The van der Waals surface area contributed by atoms with E-state index in [4.69, 9.17) is 0 Å². The van der Waals surface area contributed by atoms with Gasteiger partial charge in [-0.1, -0.05) is 0 Å². The molecule has 0 saturated carbocycles. The summed E-state index contributed by atoms with van der Waals surface area (Å²) in [4.78, 5) is 8.58. The van der Waals surface area contributed by atoms with Crippen LogP contribution in [0.5, 0.6) is 0 Å². The second-order valence-electron chi connectivity index (χ2n) is 3.65. The maximum Gasteiger partial charge on any atom is 0.0945 e. The Labute approximate surface area is 83.0 Å². The molecule has 0 spiro atoms. The van der Waals surface area contributed by atoms with Gasteiger partial charge in [0.05, 0.1) is 18.1 Å². The third-order valence-electron chi connectivity index (χ3n) is 2.58. The number of nitrogens with zero attached hydrogens (tertiary/aromatic N) is 3. The predicted octanol–water partition coefficient (Wildman–Crippen LogP) is 1.66. The Hall–Kier alpha value is -1.77. The SMILES string of the molecule is CN1C=C2C=Cc3cnccc3N2C1. The zero-order valence-electron chi connectivity index (χ0n) is 8.01. The van der Waals surface area contributed by atoms with Crippen molar-refractivity contribution in [1.29, 1.82) is 0 Å². The molecule has 1 aromatic heterocycles. The van der Waals surface area contributed by atoms with Gasteiger partial charge in [-0.05, 0) is 18.2 Å². The molecule has 0 unspecified atom stereocenters. The van der Waals surface area contributed by atoms with E-state index in [9.17, 15) is 0 Å². The van der Waals surface area contributed by atoms with Crippen LogP contribution < -0.4 is 4.90 Å². The molecule has 14 heavy (non-hydrogen) atoms. The first kappa shape index (κ1) is 7.62. The summed E-state index contributed by atoms with van der Waals surface area (Å²) in [5.41, 5.74) is 3.70. The largest absolute Gasteiger partial charge is 0.361 e. The van der Waals surface area contributed by atoms with Gasteiger partial charge < -0.3 is 9.80 Å². The Bertz CT molecular complexity index is 434. The van der Waals surface area contributed by atoms with Gasteiger partial charge in [-0.15, -0.1) is 0 Å². The van der Waals surface area contributed by atoms with Gasteiger partial charge in [0.15, 0.2) is 0 Å². The van der Waals surface area contributed by atoms with Crippen molar-refractivity contribution in [2.75, 3.05) is 18.6 Å². The van der Waals surface area contributed by atoms with Crippen LogP contribution in [-0.4, -0.2) is 23.6 Å². The highest BCUT2D eigenvalue weighted by atomic mass is 15.3. The average molecular weight is 185 g/mol. The van der Waals surface area contributed by atoms with Crippen LogP contribution in [0.4, 0.5) is 5.69 Å². The molecule has 70 valence electrons. The van der Waals surface area contributed by atoms with Crippen molar-refractivity contribution in [2.45, 2.75) is 0 Å². The molecule has 0 aliphatic carbocycles. The summed E-state index contributed by atoms with van der Waals surface area (Å²) in [6, 6.07) is 2.06. The van der Waals surface area contributed by atoms with Gasteiger partial charge in [0.1, 0.15) is 0 Å². The van der Waals surface area contributed by atoms with E-state index in [1.165, 1.54) is 16.9 Å². The molecule has 3 heteroatoms. The molecule has 3 heterocycles. The van der Waals surface area contributed by atoms with Crippen molar-refractivity contribution in [2.24, 2.45) is 0 Å². The molecule has 0 amide bonds. The number of aromatic nitrogens is 1. The highest BCUT2D eigenvalue weighted by molar-refractivity contribution is 5.76. The summed E-state index contributed by atoms with van der Waals surface area (Å²) >= 11 is 0. The molecule has 0 fully saturated rings. The number of hydrogen-bond donors (Lipinski definition) is 0. The summed E-state index contributed by atoms with van der Waals surface area (Å²) in [6.45, 7) is 0.927. The highest BCUT2D eigenvalue weighted by Gasteiger charge is 2.22. The van der Waals surface area contributed by atoms with E-state index in [2.05, 4.69) is 46.2 Å². The van der Waals surface area contributed by atoms with E-state index in [1.54, 1.807) is 0 Å². The van der Waals surface area contributed by atoms with Crippen LogP contribution in [0.3, 0.4) is 0 Å². The highest BCUT2D eigenvalue weighted by Crippen LogP contribution is 2.32. The second kappa shape index (κ2) is 2.61. The fourth-order valence-electron chi connectivity index (χ4n) is 1.94. The molecular formula is C11H11N3. The topological polar surface area (TPSA) is 19.4 Å². The molecule has 0 radical (unpaired) electrons. The minimum absolute atomic E-state index is 0.927. The monoisotopic (exact) mass is 185 g/mol. The summed E-state index contributed by atoms with van der Waals surface area (Å²) < 4.78 is 0. The zero-order valence-corrected chi connectivity index (χ0v) is 8.01. The maximum absolute atomic E-state index is 4.12. The van der Waals surface area contributed by atoms with Gasteiger partial charge in [-0.3, -0.25) is 4.98 Å². The fourth-order valence-corrected chi connectivity index (χ4v) is 1.94. The van der Waals surface area contributed by atoms with E-state index in [0.717, 1.165) is 6.67 Å². The van der Waals surface area contributed by atoms with Crippen molar-refractivity contribution in [1.82, 2.24) is 9.88 Å². The smallest absolute Gasteiger partial charge is 0.0945 e. The van der Waals surface area contributed by atoms with Gasteiger partial charge in [-0.2, -0.15) is 0 Å². The lowest BCUT2D eigenvalue weighted by molar-refractivity contribution is 0.495. The summed E-state index contributed by atoms with van der Waals surface area (Å²) in [5, 5.41) is 0. The zero-order chi connectivity index (χ0) is 9.54. The molecule has 0 N–H and O–H groups in total. The Kier molecular flexibility index (Phi) is 1.42. The van der Waals surface area contributed by atoms with Crippen LogP contribution in [0.25, 0.3) is 6.08 Å². The molecule has 3 nitrogen and oxygen atoms in total. The van der Waals surface area contributed by atoms with Crippen LogP contribution >= 0.6 is 0 Å². The Balaban J connectivity index is 2.14. The molecule has 0 aromatic carbocycles. The average Bonchev–Trinajstić information content (AvgIpc) is 2.59. The first-order valence-corrected chi connectivity index (χ1v) is 4.66. The Morgan fingerprint density at radius 1 is 1.36 bits per heavy atom. The van der Waals surface area contributed by atoms with Crippen molar-refractivity contribution >= 4 is 11.8 Å². The first-order chi connectivity index (χ1) is 6.84. The number of anilines is 1. The quantitative estimate of drug-likeness (QED) is 0.612. The Morgan fingerprint density at radius 3 is 3.21 bits per heavy atom. The van der Waals surface area contributed by atoms with E-state index >= 15 is 0 Å². The maximum atomic E-state index is 4.12. The fraction of sp³-hybridized carbons (Fsp3) is 0.182. The van der Waals surface area contributed by atoms with Gasteiger partial charge in [0.2, 0.25) is 0 Å². The number of rotatable bonds is 0. The summed E-state index contributed by atoms with van der Waals surface area (Å²) in [7, 11) is 2.08. The van der Waals surface area contributed by atoms with Crippen molar-refractivity contribution in [3.05, 3.63) is 42.0 Å². The number of pyridine rings is 1.